The number of H-pyrrole nitrogens is 1. The summed E-state index contributed by atoms with van der Waals surface area (Å²) in [5, 5.41) is 0.711. The molecule has 1 aromatic heterocycles. The summed E-state index contributed by atoms with van der Waals surface area (Å²) < 4.78 is 0. The Morgan fingerprint density at radius 3 is 2.38 bits per heavy atom. The van der Waals surface area contributed by atoms with E-state index in [0.717, 1.165) is 22.4 Å². The molecule has 3 heteroatoms. The molecule has 0 atom stereocenters. The Kier molecular flexibility index (Phi) is 2.84. The molecule has 1 N–H and O–H groups in total. The summed E-state index contributed by atoms with van der Waals surface area (Å²) in [5.41, 5.74) is 3.65. The predicted molar refractivity (Wildman–Crippen MR) is 67.0 cm³/mol. The summed E-state index contributed by atoms with van der Waals surface area (Å²) in [7, 11) is 0. The van der Waals surface area contributed by atoms with Crippen LogP contribution in [0.15, 0.2) is 35.1 Å². The van der Waals surface area contributed by atoms with Crippen molar-refractivity contribution >= 4 is 11.6 Å². The van der Waals surface area contributed by atoms with Gasteiger partial charge in [0.05, 0.1) is 0 Å². The maximum atomic E-state index is 11.4. The summed E-state index contributed by atoms with van der Waals surface area (Å²) in [4.78, 5) is 14.2. The number of nitrogens with one attached hydrogen (secondary N) is 1. The average molecular weight is 234 g/mol. The Labute approximate surface area is 98.9 Å². The highest BCUT2D eigenvalue weighted by atomic mass is 35.5. The highest BCUT2D eigenvalue weighted by Gasteiger charge is 2.04. The molecule has 0 aliphatic rings. The van der Waals surface area contributed by atoms with E-state index in [4.69, 9.17) is 11.6 Å². The van der Waals surface area contributed by atoms with Crippen molar-refractivity contribution in [3.63, 3.8) is 0 Å². The van der Waals surface area contributed by atoms with Gasteiger partial charge in [0.15, 0.2) is 0 Å². The van der Waals surface area contributed by atoms with Gasteiger partial charge in [0.1, 0.15) is 0 Å². The normalized spacial score (nSPS) is 10.4. The molecule has 82 valence electrons. The number of rotatable bonds is 1. The number of hydrogen-bond donors (Lipinski definition) is 1. The summed E-state index contributed by atoms with van der Waals surface area (Å²) in [5.74, 6) is 0. The van der Waals surface area contributed by atoms with Crippen molar-refractivity contribution in [3.8, 4) is 11.1 Å². The molecule has 2 aromatic rings. The van der Waals surface area contributed by atoms with Crippen molar-refractivity contribution in [3.05, 3.63) is 57.0 Å². The second-order valence-electron chi connectivity index (χ2n) is 3.83. The lowest BCUT2D eigenvalue weighted by molar-refractivity contribution is 1.11. The van der Waals surface area contributed by atoms with Gasteiger partial charge in [-0.2, -0.15) is 0 Å². The molecular formula is C13H12ClNO. The van der Waals surface area contributed by atoms with Crippen LogP contribution in [0.25, 0.3) is 11.1 Å². The van der Waals surface area contributed by atoms with Crippen molar-refractivity contribution in [2.24, 2.45) is 0 Å². The minimum absolute atomic E-state index is 0.0322. The molecule has 0 saturated heterocycles. The molecule has 2 nitrogen and oxygen atoms in total. The molecule has 1 heterocycles. The SMILES string of the molecule is Cc1[nH]c(=O)c(C)cc1-c1ccc(Cl)cc1. The Bertz CT molecular complexity index is 569. The Morgan fingerprint density at radius 1 is 1.12 bits per heavy atom. The van der Waals surface area contributed by atoms with Crippen molar-refractivity contribution in [2.45, 2.75) is 13.8 Å². The van der Waals surface area contributed by atoms with Gasteiger partial charge in [-0.1, -0.05) is 23.7 Å². The Balaban J connectivity index is 2.60. The maximum absolute atomic E-state index is 11.4. The van der Waals surface area contributed by atoms with Crippen LogP contribution in [-0.2, 0) is 0 Å². The first-order valence-corrected chi connectivity index (χ1v) is 5.42. The summed E-state index contributed by atoms with van der Waals surface area (Å²) >= 11 is 5.84. The molecule has 0 fully saturated rings. The second kappa shape index (κ2) is 4.14. The van der Waals surface area contributed by atoms with E-state index in [0.29, 0.717) is 5.02 Å². The van der Waals surface area contributed by atoms with E-state index >= 15 is 0 Å². The molecule has 2 rings (SSSR count). The fraction of sp³-hybridized carbons (Fsp3) is 0.154. The van der Waals surface area contributed by atoms with Crippen LogP contribution in [0.5, 0.6) is 0 Å². The maximum Gasteiger partial charge on any atom is 0.251 e. The first-order valence-electron chi connectivity index (χ1n) is 5.04. The lowest BCUT2D eigenvalue weighted by Gasteiger charge is -2.06. The monoisotopic (exact) mass is 233 g/mol. The predicted octanol–water partition coefficient (Wildman–Crippen LogP) is 3.31. The van der Waals surface area contributed by atoms with Crippen molar-refractivity contribution in [1.82, 2.24) is 4.98 Å². The molecule has 0 unspecified atom stereocenters. The quantitative estimate of drug-likeness (QED) is 0.805. The zero-order valence-corrected chi connectivity index (χ0v) is 9.93. The lowest BCUT2D eigenvalue weighted by Crippen LogP contribution is -2.11. The van der Waals surface area contributed by atoms with Gasteiger partial charge in [0, 0.05) is 21.8 Å². The molecule has 0 radical (unpaired) electrons. The molecular weight excluding hydrogens is 222 g/mol. The smallest absolute Gasteiger partial charge is 0.251 e. The highest BCUT2D eigenvalue weighted by Crippen LogP contribution is 2.23. The van der Waals surface area contributed by atoms with Crippen LogP contribution < -0.4 is 5.56 Å². The molecule has 0 bridgehead atoms. The number of aromatic nitrogens is 1. The summed E-state index contributed by atoms with van der Waals surface area (Å²) in [6.07, 6.45) is 0. The molecule has 0 spiro atoms. The zero-order chi connectivity index (χ0) is 11.7. The van der Waals surface area contributed by atoms with E-state index in [1.54, 1.807) is 6.92 Å². The minimum atomic E-state index is -0.0322. The van der Waals surface area contributed by atoms with Gasteiger partial charge < -0.3 is 4.98 Å². The third-order valence-electron chi connectivity index (χ3n) is 2.58. The fourth-order valence-corrected chi connectivity index (χ4v) is 1.78. The van der Waals surface area contributed by atoms with E-state index < -0.39 is 0 Å². The molecule has 0 aliphatic carbocycles. The number of pyridine rings is 1. The molecule has 16 heavy (non-hydrogen) atoms. The van der Waals surface area contributed by atoms with E-state index in [1.807, 2.05) is 37.3 Å². The van der Waals surface area contributed by atoms with Gasteiger partial charge in [-0.15, -0.1) is 0 Å². The third kappa shape index (κ3) is 2.02. The number of benzene rings is 1. The van der Waals surface area contributed by atoms with Crippen LogP contribution in [-0.4, -0.2) is 4.98 Å². The highest BCUT2D eigenvalue weighted by molar-refractivity contribution is 6.30. The second-order valence-corrected chi connectivity index (χ2v) is 4.26. The Morgan fingerprint density at radius 2 is 1.75 bits per heavy atom. The van der Waals surface area contributed by atoms with Crippen molar-refractivity contribution < 1.29 is 0 Å². The average Bonchev–Trinajstić information content (AvgIpc) is 2.25. The number of halogens is 1. The lowest BCUT2D eigenvalue weighted by atomic mass is 10.0. The standard InChI is InChI=1S/C13H12ClNO/c1-8-7-12(9(2)15-13(8)16)10-3-5-11(14)6-4-10/h3-7H,1-2H3,(H,15,16). The molecule has 0 amide bonds. The van der Waals surface area contributed by atoms with Crippen LogP contribution in [0.4, 0.5) is 0 Å². The van der Waals surface area contributed by atoms with Gasteiger partial charge in [-0.3, -0.25) is 4.79 Å². The van der Waals surface area contributed by atoms with E-state index in [1.165, 1.54) is 0 Å². The number of aromatic amines is 1. The van der Waals surface area contributed by atoms with E-state index in [-0.39, 0.29) is 5.56 Å². The van der Waals surface area contributed by atoms with Gasteiger partial charge in [-0.25, -0.2) is 0 Å². The van der Waals surface area contributed by atoms with Gasteiger partial charge in [0.25, 0.3) is 5.56 Å². The largest absolute Gasteiger partial charge is 0.326 e. The van der Waals surface area contributed by atoms with Crippen molar-refractivity contribution in [2.75, 3.05) is 0 Å². The van der Waals surface area contributed by atoms with E-state index in [9.17, 15) is 4.79 Å². The first kappa shape index (κ1) is 11.0. The van der Waals surface area contributed by atoms with Gasteiger partial charge in [-0.05, 0) is 37.6 Å². The molecule has 0 saturated carbocycles. The Hall–Kier alpha value is -1.54. The minimum Gasteiger partial charge on any atom is -0.326 e. The van der Waals surface area contributed by atoms with Crippen LogP contribution >= 0.6 is 11.6 Å². The number of aryl methyl sites for hydroxylation is 2. The van der Waals surface area contributed by atoms with Gasteiger partial charge in [0.2, 0.25) is 0 Å². The zero-order valence-electron chi connectivity index (χ0n) is 9.17. The van der Waals surface area contributed by atoms with Crippen LogP contribution in [0.2, 0.25) is 5.02 Å². The topological polar surface area (TPSA) is 32.9 Å². The van der Waals surface area contributed by atoms with Crippen molar-refractivity contribution in [1.29, 1.82) is 0 Å². The number of hydrogen-bond acceptors (Lipinski definition) is 1. The first-order chi connectivity index (χ1) is 7.58. The third-order valence-corrected chi connectivity index (χ3v) is 2.83. The summed E-state index contributed by atoms with van der Waals surface area (Å²) in [6.45, 7) is 3.70. The summed E-state index contributed by atoms with van der Waals surface area (Å²) in [6, 6.07) is 9.48. The fourth-order valence-electron chi connectivity index (χ4n) is 1.66. The van der Waals surface area contributed by atoms with Gasteiger partial charge >= 0.3 is 0 Å². The molecule has 0 aliphatic heterocycles. The molecule has 1 aromatic carbocycles. The van der Waals surface area contributed by atoms with E-state index in [2.05, 4.69) is 4.98 Å². The van der Waals surface area contributed by atoms with Crippen LogP contribution in [0.1, 0.15) is 11.3 Å². The van der Waals surface area contributed by atoms with Crippen LogP contribution in [0.3, 0.4) is 0 Å². The van der Waals surface area contributed by atoms with Crippen LogP contribution in [0, 0.1) is 13.8 Å².